The minimum Gasteiger partial charge on any atom is -0.362 e. The number of carbonyl (C=O) groups is 1. The Hall–Kier alpha value is -1.63. The molecule has 18 heavy (non-hydrogen) atoms. The standard InChI is InChI=1S/C11H16N2O4S/c1-8(2)13(3)11(14)9-6-5-7-10(12-9)17-18(4,15)16/h5-8H,1-4H3. The van der Waals surface area contributed by atoms with Crippen LogP contribution in [0.2, 0.25) is 0 Å². The maximum Gasteiger partial charge on any atom is 0.307 e. The molecule has 0 aliphatic heterocycles. The Morgan fingerprint density at radius 2 is 2.00 bits per heavy atom. The topological polar surface area (TPSA) is 76.6 Å². The van der Waals surface area contributed by atoms with Gasteiger partial charge >= 0.3 is 10.1 Å². The van der Waals surface area contributed by atoms with Crippen LogP contribution in [0.25, 0.3) is 0 Å². The molecule has 1 aromatic rings. The van der Waals surface area contributed by atoms with E-state index in [4.69, 9.17) is 0 Å². The summed E-state index contributed by atoms with van der Waals surface area (Å²) in [5.74, 6) is -0.399. The van der Waals surface area contributed by atoms with Crippen molar-refractivity contribution in [1.29, 1.82) is 0 Å². The van der Waals surface area contributed by atoms with E-state index in [1.54, 1.807) is 7.05 Å². The Morgan fingerprint density at radius 3 is 2.50 bits per heavy atom. The van der Waals surface area contributed by atoms with Crippen LogP contribution in [0.1, 0.15) is 24.3 Å². The molecule has 0 spiro atoms. The van der Waals surface area contributed by atoms with Crippen molar-refractivity contribution in [3.63, 3.8) is 0 Å². The number of aromatic nitrogens is 1. The SMILES string of the molecule is CC(C)N(C)C(=O)c1cccc(OS(C)(=O)=O)n1. The molecule has 0 fully saturated rings. The van der Waals surface area contributed by atoms with Gasteiger partial charge in [0.1, 0.15) is 5.69 Å². The molecule has 0 aliphatic carbocycles. The Balaban J connectivity index is 2.99. The molecule has 6 nitrogen and oxygen atoms in total. The van der Waals surface area contributed by atoms with Gasteiger partial charge in [0.25, 0.3) is 5.91 Å². The molecule has 1 heterocycles. The molecule has 0 atom stereocenters. The van der Waals surface area contributed by atoms with Gasteiger partial charge in [-0.1, -0.05) is 6.07 Å². The lowest BCUT2D eigenvalue weighted by molar-refractivity contribution is 0.0748. The van der Waals surface area contributed by atoms with E-state index in [2.05, 4.69) is 9.17 Å². The number of nitrogens with zero attached hydrogens (tertiary/aromatic N) is 2. The summed E-state index contributed by atoms with van der Waals surface area (Å²) in [6, 6.07) is 4.44. The highest BCUT2D eigenvalue weighted by molar-refractivity contribution is 7.86. The molecule has 0 saturated heterocycles. The fourth-order valence-electron chi connectivity index (χ4n) is 1.15. The van der Waals surface area contributed by atoms with Gasteiger partial charge in [-0.25, -0.2) is 4.98 Å². The molecule has 100 valence electrons. The summed E-state index contributed by atoms with van der Waals surface area (Å²) in [5, 5.41) is 0. The van der Waals surface area contributed by atoms with Gasteiger partial charge in [-0.05, 0) is 19.9 Å². The first-order valence-corrected chi connectivity index (χ1v) is 7.16. The van der Waals surface area contributed by atoms with Gasteiger partial charge in [0.15, 0.2) is 0 Å². The van der Waals surface area contributed by atoms with E-state index in [9.17, 15) is 13.2 Å². The van der Waals surface area contributed by atoms with Crippen molar-refractivity contribution in [2.24, 2.45) is 0 Å². The Bertz CT molecular complexity index is 540. The average molecular weight is 272 g/mol. The number of rotatable bonds is 4. The predicted octanol–water partition coefficient (Wildman–Crippen LogP) is 0.900. The van der Waals surface area contributed by atoms with Crippen LogP contribution >= 0.6 is 0 Å². The first-order valence-electron chi connectivity index (χ1n) is 5.34. The van der Waals surface area contributed by atoms with Crippen molar-refractivity contribution < 1.29 is 17.4 Å². The van der Waals surface area contributed by atoms with E-state index in [0.717, 1.165) is 6.26 Å². The van der Waals surface area contributed by atoms with Gasteiger partial charge in [-0.2, -0.15) is 8.42 Å². The van der Waals surface area contributed by atoms with Crippen LogP contribution in [0, 0.1) is 0 Å². The molecule has 1 amide bonds. The van der Waals surface area contributed by atoms with Gasteiger partial charge in [-0.15, -0.1) is 0 Å². The second kappa shape index (κ2) is 5.34. The van der Waals surface area contributed by atoms with Crippen LogP contribution in [0.4, 0.5) is 0 Å². The summed E-state index contributed by atoms with van der Waals surface area (Å²) in [5.41, 5.74) is 0.146. The highest BCUT2D eigenvalue weighted by Crippen LogP contribution is 2.12. The van der Waals surface area contributed by atoms with Gasteiger partial charge in [0.2, 0.25) is 5.88 Å². The Morgan fingerprint density at radius 1 is 1.39 bits per heavy atom. The van der Waals surface area contributed by atoms with E-state index < -0.39 is 10.1 Å². The summed E-state index contributed by atoms with van der Waals surface area (Å²) in [6.07, 6.45) is 0.920. The minimum atomic E-state index is -3.64. The maximum atomic E-state index is 12.0. The first-order chi connectivity index (χ1) is 8.20. The fraction of sp³-hybridized carbons (Fsp3) is 0.455. The molecule has 1 rings (SSSR count). The van der Waals surface area contributed by atoms with Crippen LogP contribution in [-0.2, 0) is 10.1 Å². The van der Waals surface area contributed by atoms with Crippen molar-refractivity contribution in [2.75, 3.05) is 13.3 Å². The molecule has 1 aromatic heterocycles. The number of carbonyl (C=O) groups excluding carboxylic acids is 1. The third-order valence-electron chi connectivity index (χ3n) is 2.27. The fourth-order valence-corrected chi connectivity index (χ4v) is 1.55. The summed E-state index contributed by atoms with van der Waals surface area (Å²) in [6.45, 7) is 3.74. The molecular weight excluding hydrogens is 256 g/mol. The van der Waals surface area contributed by atoms with Crippen LogP contribution < -0.4 is 4.18 Å². The van der Waals surface area contributed by atoms with Crippen LogP contribution in [0.15, 0.2) is 18.2 Å². The molecule has 0 radical (unpaired) electrons. The minimum absolute atomic E-state index is 0.0267. The lowest BCUT2D eigenvalue weighted by atomic mass is 10.2. The van der Waals surface area contributed by atoms with Crippen molar-refractivity contribution in [3.8, 4) is 5.88 Å². The molecular formula is C11H16N2O4S. The number of pyridine rings is 1. The van der Waals surface area contributed by atoms with Gasteiger partial charge in [-0.3, -0.25) is 4.79 Å². The van der Waals surface area contributed by atoms with E-state index in [0.29, 0.717) is 0 Å². The number of hydrogen-bond donors (Lipinski definition) is 0. The summed E-state index contributed by atoms with van der Waals surface area (Å²) < 4.78 is 26.6. The molecule has 0 aromatic carbocycles. The third kappa shape index (κ3) is 3.99. The zero-order chi connectivity index (χ0) is 13.9. The molecule has 0 unspecified atom stereocenters. The van der Waals surface area contributed by atoms with Crippen molar-refractivity contribution in [1.82, 2.24) is 9.88 Å². The monoisotopic (exact) mass is 272 g/mol. The maximum absolute atomic E-state index is 12.0. The van der Waals surface area contributed by atoms with Gasteiger partial charge in [0, 0.05) is 19.2 Å². The highest BCUT2D eigenvalue weighted by atomic mass is 32.2. The third-order valence-corrected chi connectivity index (χ3v) is 2.75. The normalized spacial score (nSPS) is 11.4. The van der Waals surface area contributed by atoms with Gasteiger partial charge in [0.05, 0.1) is 6.26 Å². The number of amides is 1. The molecule has 0 aliphatic rings. The molecule has 0 saturated carbocycles. The Labute approximate surface area is 107 Å². The van der Waals surface area contributed by atoms with Crippen molar-refractivity contribution in [2.45, 2.75) is 19.9 Å². The molecule has 7 heteroatoms. The largest absolute Gasteiger partial charge is 0.362 e. The lowest BCUT2D eigenvalue weighted by Crippen LogP contribution is -2.33. The van der Waals surface area contributed by atoms with E-state index >= 15 is 0 Å². The summed E-state index contributed by atoms with van der Waals surface area (Å²) in [4.78, 5) is 17.3. The van der Waals surface area contributed by atoms with Crippen molar-refractivity contribution in [3.05, 3.63) is 23.9 Å². The van der Waals surface area contributed by atoms with E-state index in [1.165, 1.54) is 23.1 Å². The second-order valence-electron chi connectivity index (χ2n) is 4.16. The molecule has 0 bridgehead atoms. The zero-order valence-electron chi connectivity index (χ0n) is 10.7. The van der Waals surface area contributed by atoms with Crippen LogP contribution in [0.3, 0.4) is 0 Å². The van der Waals surface area contributed by atoms with Gasteiger partial charge < -0.3 is 9.08 Å². The van der Waals surface area contributed by atoms with E-state index in [-0.39, 0.29) is 23.5 Å². The quantitative estimate of drug-likeness (QED) is 0.761. The molecule has 0 N–H and O–H groups in total. The van der Waals surface area contributed by atoms with E-state index in [1.807, 2.05) is 13.8 Å². The predicted molar refractivity (Wildman–Crippen MR) is 66.9 cm³/mol. The average Bonchev–Trinajstić information content (AvgIpc) is 2.25. The number of hydrogen-bond acceptors (Lipinski definition) is 5. The smallest absolute Gasteiger partial charge is 0.307 e. The summed E-state index contributed by atoms with van der Waals surface area (Å²) in [7, 11) is -1.99. The highest BCUT2D eigenvalue weighted by Gasteiger charge is 2.17. The zero-order valence-corrected chi connectivity index (χ0v) is 11.6. The second-order valence-corrected chi connectivity index (χ2v) is 5.73. The Kier molecular flexibility index (Phi) is 4.28. The summed E-state index contributed by atoms with van der Waals surface area (Å²) >= 11 is 0. The van der Waals surface area contributed by atoms with Crippen LogP contribution in [0.5, 0.6) is 5.88 Å². The van der Waals surface area contributed by atoms with Crippen LogP contribution in [-0.4, -0.2) is 43.6 Å². The van der Waals surface area contributed by atoms with Crippen molar-refractivity contribution >= 4 is 16.0 Å². The lowest BCUT2D eigenvalue weighted by Gasteiger charge is -2.20. The first kappa shape index (κ1) is 14.4.